The second kappa shape index (κ2) is 7.05. The van der Waals surface area contributed by atoms with Crippen molar-refractivity contribution >= 4 is 10.9 Å². The molecule has 1 N–H and O–H groups in total. The van der Waals surface area contributed by atoms with Crippen molar-refractivity contribution < 1.29 is 0 Å². The van der Waals surface area contributed by atoms with Crippen LogP contribution in [0.15, 0.2) is 54.6 Å². The number of hydrogen-bond donors (Lipinski definition) is 1. The number of H-pyrrole nitrogens is 1. The minimum Gasteiger partial charge on any atom is -0.358 e. The fourth-order valence-electron chi connectivity index (χ4n) is 4.66. The van der Waals surface area contributed by atoms with Crippen LogP contribution in [0.5, 0.6) is 0 Å². The van der Waals surface area contributed by atoms with Crippen LogP contribution >= 0.6 is 0 Å². The zero-order chi connectivity index (χ0) is 17.2. The van der Waals surface area contributed by atoms with Gasteiger partial charge in [0.2, 0.25) is 0 Å². The lowest BCUT2D eigenvalue weighted by molar-refractivity contribution is 0.144. The molecule has 0 amide bonds. The largest absolute Gasteiger partial charge is 0.358 e. The Morgan fingerprint density at radius 2 is 1.80 bits per heavy atom. The Hall–Kier alpha value is -2.06. The summed E-state index contributed by atoms with van der Waals surface area (Å²) in [4.78, 5) is 6.25. The van der Waals surface area contributed by atoms with E-state index in [1.54, 1.807) is 5.56 Å². The molecule has 2 nitrogen and oxygen atoms in total. The first-order valence-electron chi connectivity index (χ1n) is 9.59. The maximum Gasteiger partial charge on any atom is 0.0458 e. The fourth-order valence-corrected chi connectivity index (χ4v) is 4.66. The van der Waals surface area contributed by atoms with Gasteiger partial charge < -0.3 is 4.98 Å². The molecule has 3 aromatic rings. The van der Waals surface area contributed by atoms with Crippen molar-refractivity contribution in [2.45, 2.75) is 39.2 Å². The van der Waals surface area contributed by atoms with E-state index in [0.717, 1.165) is 12.5 Å². The highest BCUT2D eigenvalue weighted by Crippen LogP contribution is 2.40. The summed E-state index contributed by atoms with van der Waals surface area (Å²) in [5.74, 6) is 1.41. The van der Waals surface area contributed by atoms with E-state index in [0.29, 0.717) is 5.92 Å². The molecule has 4 rings (SSSR count). The molecule has 25 heavy (non-hydrogen) atoms. The van der Waals surface area contributed by atoms with Gasteiger partial charge in [-0.3, -0.25) is 4.90 Å². The molecule has 0 unspecified atom stereocenters. The quantitative estimate of drug-likeness (QED) is 0.669. The summed E-state index contributed by atoms with van der Waals surface area (Å²) >= 11 is 0. The number of likely N-dealkylation sites (tertiary alicyclic amines) is 1. The van der Waals surface area contributed by atoms with Crippen LogP contribution < -0.4 is 0 Å². The van der Waals surface area contributed by atoms with E-state index >= 15 is 0 Å². The number of fused-ring (bicyclic) bond motifs is 1. The Labute approximate surface area is 150 Å². The molecule has 1 saturated heterocycles. The summed E-state index contributed by atoms with van der Waals surface area (Å²) in [7, 11) is 0. The van der Waals surface area contributed by atoms with E-state index in [1.165, 1.54) is 48.1 Å². The summed E-state index contributed by atoms with van der Waals surface area (Å²) in [6.07, 6.45) is 2.50. The first-order chi connectivity index (χ1) is 12.3. The lowest BCUT2D eigenvalue weighted by Crippen LogP contribution is -2.39. The number of aromatic nitrogens is 1. The standard InChI is InChI=1S/C23H28N2/c1-3-19-16-25(15-18-9-5-4-6-10-18)14-13-20(19)23-17(2)24-22-12-8-7-11-21(22)23/h4-12,19-20,24H,3,13-16H2,1-2H3/t19-,20+/m0/s1. The second-order valence-electron chi connectivity index (χ2n) is 7.49. The minimum absolute atomic E-state index is 0.674. The van der Waals surface area contributed by atoms with Crippen LogP contribution in [0.25, 0.3) is 10.9 Å². The third-order valence-electron chi connectivity index (χ3n) is 5.91. The molecule has 1 aromatic heterocycles. The van der Waals surface area contributed by atoms with Crippen LogP contribution in [0.2, 0.25) is 0 Å². The Morgan fingerprint density at radius 3 is 2.60 bits per heavy atom. The third kappa shape index (κ3) is 3.23. The van der Waals surface area contributed by atoms with E-state index in [9.17, 15) is 0 Å². The highest BCUT2D eigenvalue weighted by atomic mass is 15.1. The van der Waals surface area contributed by atoms with Crippen LogP contribution in [-0.2, 0) is 6.54 Å². The van der Waals surface area contributed by atoms with Gasteiger partial charge in [0.05, 0.1) is 0 Å². The van der Waals surface area contributed by atoms with Gasteiger partial charge in [0.25, 0.3) is 0 Å². The fraction of sp³-hybridized carbons (Fsp3) is 0.391. The maximum absolute atomic E-state index is 3.61. The Bertz CT molecular complexity index is 834. The van der Waals surface area contributed by atoms with E-state index in [2.05, 4.69) is 78.3 Å². The molecule has 130 valence electrons. The SMILES string of the molecule is CC[C@H]1CN(Cc2ccccc2)CC[C@H]1c1c(C)[nH]c2ccccc12. The molecule has 0 saturated carbocycles. The summed E-state index contributed by atoms with van der Waals surface area (Å²) in [6, 6.07) is 19.7. The molecule has 0 bridgehead atoms. The molecular weight excluding hydrogens is 304 g/mol. The van der Waals surface area contributed by atoms with Gasteiger partial charge in [-0.2, -0.15) is 0 Å². The Kier molecular flexibility index (Phi) is 4.63. The van der Waals surface area contributed by atoms with Crippen molar-refractivity contribution in [1.82, 2.24) is 9.88 Å². The Balaban J connectivity index is 1.57. The van der Waals surface area contributed by atoms with Crippen molar-refractivity contribution in [3.05, 3.63) is 71.4 Å². The average molecular weight is 332 g/mol. The van der Waals surface area contributed by atoms with Gasteiger partial charge in [0.15, 0.2) is 0 Å². The van der Waals surface area contributed by atoms with E-state index in [1.807, 2.05) is 0 Å². The van der Waals surface area contributed by atoms with Crippen LogP contribution in [0.4, 0.5) is 0 Å². The minimum atomic E-state index is 0.674. The molecule has 0 spiro atoms. The Morgan fingerprint density at radius 1 is 1.04 bits per heavy atom. The third-order valence-corrected chi connectivity index (χ3v) is 5.91. The summed E-state index contributed by atoms with van der Waals surface area (Å²) in [5, 5.41) is 1.43. The lowest BCUT2D eigenvalue weighted by Gasteiger charge is -2.39. The van der Waals surface area contributed by atoms with Crippen molar-refractivity contribution in [3.63, 3.8) is 0 Å². The van der Waals surface area contributed by atoms with Crippen LogP contribution in [0.1, 0.15) is 42.5 Å². The number of aromatic amines is 1. The number of rotatable bonds is 4. The van der Waals surface area contributed by atoms with Crippen molar-refractivity contribution in [2.75, 3.05) is 13.1 Å². The number of nitrogens with zero attached hydrogens (tertiary/aromatic N) is 1. The lowest BCUT2D eigenvalue weighted by atomic mass is 9.78. The van der Waals surface area contributed by atoms with Crippen molar-refractivity contribution in [1.29, 1.82) is 0 Å². The molecule has 2 heteroatoms. The van der Waals surface area contributed by atoms with Crippen LogP contribution in [0, 0.1) is 12.8 Å². The van der Waals surface area contributed by atoms with E-state index < -0.39 is 0 Å². The van der Waals surface area contributed by atoms with Gasteiger partial charge in [-0.1, -0.05) is 61.9 Å². The zero-order valence-corrected chi connectivity index (χ0v) is 15.3. The monoisotopic (exact) mass is 332 g/mol. The van der Waals surface area contributed by atoms with Gasteiger partial charge in [-0.15, -0.1) is 0 Å². The molecule has 1 aliphatic heterocycles. The van der Waals surface area contributed by atoms with Gasteiger partial charge >= 0.3 is 0 Å². The van der Waals surface area contributed by atoms with Crippen molar-refractivity contribution in [2.24, 2.45) is 5.92 Å². The summed E-state index contributed by atoms with van der Waals surface area (Å²) in [6.45, 7) is 8.08. The molecule has 0 aliphatic carbocycles. The summed E-state index contributed by atoms with van der Waals surface area (Å²) in [5.41, 5.74) is 5.65. The molecule has 2 atom stereocenters. The van der Waals surface area contributed by atoms with Gasteiger partial charge in [0, 0.05) is 29.7 Å². The molecule has 2 aromatic carbocycles. The number of aryl methyl sites for hydroxylation is 1. The normalized spacial score (nSPS) is 21.7. The molecular formula is C23H28N2. The van der Waals surface area contributed by atoms with Crippen LogP contribution in [0.3, 0.4) is 0 Å². The van der Waals surface area contributed by atoms with Crippen LogP contribution in [-0.4, -0.2) is 23.0 Å². The first kappa shape index (κ1) is 16.4. The predicted octanol–water partition coefficient (Wildman–Crippen LogP) is 5.49. The van der Waals surface area contributed by atoms with Gasteiger partial charge in [-0.05, 0) is 48.9 Å². The second-order valence-corrected chi connectivity index (χ2v) is 7.49. The highest BCUT2D eigenvalue weighted by molar-refractivity contribution is 5.85. The van der Waals surface area contributed by atoms with E-state index in [-0.39, 0.29) is 0 Å². The number of piperidine rings is 1. The van der Waals surface area contributed by atoms with Gasteiger partial charge in [0.1, 0.15) is 0 Å². The summed E-state index contributed by atoms with van der Waals surface area (Å²) < 4.78 is 0. The first-order valence-corrected chi connectivity index (χ1v) is 9.59. The number of para-hydroxylation sites is 1. The highest BCUT2D eigenvalue weighted by Gasteiger charge is 2.31. The number of benzene rings is 2. The smallest absolute Gasteiger partial charge is 0.0458 e. The number of nitrogens with one attached hydrogen (secondary N) is 1. The van der Waals surface area contributed by atoms with Crippen molar-refractivity contribution in [3.8, 4) is 0 Å². The number of hydrogen-bond acceptors (Lipinski definition) is 1. The molecule has 2 heterocycles. The topological polar surface area (TPSA) is 19.0 Å². The zero-order valence-electron chi connectivity index (χ0n) is 15.3. The predicted molar refractivity (Wildman–Crippen MR) is 106 cm³/mol. The maximum atomic E-state index is 3.61. The van der Waals surface area contributed by atoms with E-state index in [4.69, 9.17) is 0 Å². The van der Waals surface area contributed by atoms with Gasteiger partial charge in [-0.25, -0.2) is 0 Å². The molecule has 1 fully saturated rings. The molecule has 1 aliphatic rings. The molecule has 0 radical (unpaired) electrons. The average Bonchev–Trinajstić information content (AvgIpc) is 2.98.